The van der Waals surface area contributed by atoms with E-state index in [1.807, 2.05) is 42.5 Å². The van der Waals surface area contributed by atoms with Gasteiger partial charge in [0.1, 0.15) is 0 Å². The van der Waals surface area contributed by atoms with Crippen LogP contribution in [0.3, 0.4) is 0 Å². The third-order valence-corrected chi connectivity index (χ3v) is 3.24. The Labute approximate surface area is 117 Å². The van der Waals surface area contributed by atoms with Crippen LogP contribution in [0.15, 0.2) is 60.7 Å². The predicted molar refractivity (Wildman–Crippen MR) is 82.8 cm³/mol. The average Bonchev–Trinajstić information content (AvgIpc) is 2.51. The van der Waals surface area contributed by atoms with Crippen LogP contribution < -0.4 is 11.1 Å². The first-order valence-electron chi connectivity index (χ1n) is 6.32. The van der Waals surface area contributed by atoms with Gasteiger partial charge in [-0.25, -0.2) is 0 Å². The highest BCUT2D eigenvalue weighted by molar-refractivity contribution is 6.01. The molecule has 0 radical (unpaired) electrons. The fourth-order valence-corrected chi connectivity index (χ4v) is 2.20. The molecule has 0 heterocycles. The lowest BCUT2D eigenvalue weighted by Crippen LogP contribution is -1.97. The summed E-state index contributed by atoms with van der Waals surface area (Å²) in [5, 5.41) is 14.4. The largest absolute Gasteiger partial charge is 0.397 e. The molecule has 0 fully saturated rings. The highest BCUT2D eigenvalue weighted by Crippen LogP contribution is 2.31. The standard InChI is InChI=1S/C17H13N3/c18-11-12-5-8-14(9-6-12)20-17-15-4-2-1-3-13(15)7-10-16(17)19/h1-10,20H,19H2. The molecular weight excluding hydrogens is 246 g/mol. The minimum atomic E-state index is 0.640. The van der Waals surface area contributed by atoms with Gasteiger partial charge in [0.2, 0.25) is 0 Å². The van der Waals surface area contributed by atoms with E-state index < -0.39 is 0 Å². The second-order valence-electron chi connectivity index (χ2n) is 4.57. The van der Waals surface area contributed by atoms with Crippen LogP contribution in [0.25, 0.3) is 10.8 Å². The van der Waals surface area contributed by atoms with Crippen molar-refractivity contribution in [3.05, 3.63) is 66.2 Å². The minimum Gasteiger partial charge on any atom is -0.397 e. The monoisotopic (exact) mass is 259 g/mol. The summed E-state index contributed by atoms with van der Waals surface area (Å²) >= 11 is 0. The van der Waals surface area contributed by atoms with Crippen molar-refractivity contribution in [3.8, 4) is 6.07 Å². The molecule has 3 nitrogen and oxygen atoms in total. The Kier molecular flexibility index (Phi) is 2.98. The zero-order chi connectivity index (χ0) is 13.9. The van der Waals surface area contributed by atoms with Gasteiger partial charge < -0.3 is 11.1 Å². The number of hydrogen-bond acceptors (Lipinski definition) is 3. The van der Waals surface area contributed by atoms with Gasteiger partial charge in [0, 0.05) is 11.1 Å². The summed E-state index contributed by atoms with van der Waals surface area (Å²) in [4.78, 5) is 0. The fraction of sp³-hybridized carbons (Fsp3) is 0. The Bertz CT molecular complexity index is 799. The van der Waals surface area contributed by atoms with E-state index in [1.54, 1.807) is 12.1 Å². The van der Waals surface area contributed by atoms with Crippen molar-refractivity contribution in [1.82, 2.24) is 0 Å². The van der Waals surface area contributed by atoms with Crippen molar-refractivity contribution in [2.45, 2.75) is 0 Å². The fourth-order valence-electron chi connectivity index (χ4n) is 2.20. The first kappa shape index (κ1) is 12.1. The van der Waals surface area contributed by atoms with Crippen molar-refractivity contribution >= 4 is 27.8 Å². The molecule has 0 aromatic heterocycles. The second-order valence-corrected chi connectivity index (χ2v) is 4.57. The Morgan fingerprint density at radius 3 is 2.40 bits per heavy atom. The first-order chi connectivity index (χ1) is 9.78. The van der Waals surface area contributed by atoms with Gasteiger partial charge in [-0.3, -0.25) is 0 Å². The number of benzene rings is 3. The number of anilines is 3. The number of nitriles is 1. The summed E-state index contributed by atoms with van der Waals surface area (Å²) in [5.74, 6) is 0. The summed E-state index contributed by atoms with van der Waals surface area (Å²) in [5.41, 5.74) is 9.22. The van der Waals surface area contributed by atoms with Crippen LogP contribution in [-0.4, -0.2) is 0 Å². The number of nitrogen functional groups attached to an aromatic ring is 1. The second kappa shape index (κ2) is 4.94. The van der Waals surface area contributed by atoms with Crippen molar-refractivity contribution in [1.29, 1.82) is 5.26 Å². The van der Waals surface area contributed by atoms with Gasteiger partial charge in [0.15, 0.2) is 0 Å². The van der Waals surface area contributed by atoms with Gasteiger partial charge in [0.25, 0.3) is 0 Å². The van der Waals surface area contributed by atoms with Gasteiger partial charge in [-0.05, 0) is 35.7 Å². The van der Waals surface area contributed by atoms with E-state index in [2.05, 4.69) is 17.5 Å². The highest BCUT2D eigenvalue weighted by Gasteiger charge is 2.05. The molecule has 3 aromatic carbocycles. The molecule has 96 valence electrons. The van der Waals surface area contributed by atoms with Crippen LogP contribution in [-0.2, 0) is 0 Å². The number of nitrogens with one attached hydrogen (secondary N) is 1. The van der Waals surface area contributed by atoms with Gasteiger partial charge in [-0.2, -0.15) is 5.26 Å². The zero-order valence-corrected chi connectivity index (χ0v) is 10.8. The maximum absolute atomic E-state index is 8.81. The maximum atomic E-state index is 8.81. The predicted octanol–water partition coefficient (Wildman–Crippen LogP) is 4.04. The number of nitrogens with zero attached hydrogens (tertiary/aromatic N) is 1. The molecule has 0 spiro atoms. The summed E-state index contributed by atoms with van der Waals surface area (Å²) < 4.78 is 0. The molecule has 20 heavy (non-hydrogen) atoms. The third kappa shape index (κ3) is 2.15. The molecule has 0 aliphatic carbocycles. The summed E-state index contributed by atoms with van der Waals surface area (Å²) in [6.45, 7) is 0. The minimum absolute atomic E-state index is 0.640. The molecule has 0 saturated heterocycles. The van der Waals surface area contributed by atoms with Gasteiger partial charge in [0.05, 0.1) is 23.0 Å². The van der Waals surface area contributed by atoms with E-state index in [1.165, 1.54) is 0 Å². The number of hydrogen-bond donors (Lipinski definition) is 2. The Morgan fingerprint density at radius 1 is 0.900 bits per heavy atom. The zero-order valence-electron chi connectivity index (χ0n) is 10.8. The quantitative estimate of drug-likeness (QED) is 0.683. The molecule has 3 rings (SSSR count). The van der Waals surface area contributed by atoms with Gasteiger partial charge in [-0.1, -0.05) is 30.3 Å². The maximum Gasteiger partial charge on any atom is 0.0991 e. The normalized spacial score (nSPS) is 10.2. The van der Waals surface area contributed by atoms with Crippen LogP contribution in [0.2, 0.25) is 0 Å². The molecule has 0 atom stereocenters. The molecule has 3 N–H and O–H groups in total. The molecule has 0 aliphatic heterocycles. The molecule has 3 heteroatoms. The van der Waals surface area contributed by atoms with E-state index in [-0.39, 0.29) is 0 Å². The first-order valence-corrected chi connectivity index (χ1v) is 6.32. The number of rotatable bonds is 2. The Morgan fingerprint density at radius 2 is 1.65 bits per heavy atom. The molecule has 0 aliphatic rings. The molecular formula is C17H13N3. The third-order valence-electron chi connectivity index (χ3n) is 3.24. The van der Waals surface area contributed by atoms with Crippen molar-refractivity contribution < 1.29 is 0 Å². The molecule has 0 amide bonds. The SMILES string of the molecule is N#Cc1ccc(Nc2c(N)ccc3ccccc23)cc1. The molecule has 3 aromatic rings. The van der Waals surface area contributed by atoms with Gasteiger partial charge in [-0.15, -0.1) is 0 Å². The van der Waals surface area contributed by atoms with Gasteiger partial charge >= 0.3 is 0 Å². The van der Waals surface area contributed by atoms with Crippen molar-refractivity contribution in [2.75, 3.05) is 11.1 Å². The van der Waals surface area contributed by atoms with Crippen LogP contribution in [0.1, 0.15) is 5.56 Å². The van der Waals surface area contributed by atoms with Crippen molar-refractivity contribution in [3.63, 3.8) is 0 Å². The van der Waals surface area contributed by atoms with E-state index in [9.17, 15) is 0 Å². The van der Waals surface area contributed by atoms with Crippen molar-refractivity contribution in [2.24, 2.45) is 0 Å². The average molecular weight is 259 g/mol. The highest BCUT2D eigenvalue weighted by atomic mass is 14.9. The van der Waals surface area contributed by atoms with E-state index >= 15 is 0 Å². The van der Waals surface area contributed by atoms with E-state index in [0.717, 1.165) is 22.1 Å². The molecule has 0 saturated carbocycles. The molecule has 0 bridgehead atoms. The Balaban J connectivity index is 2.05. The van der Waals surface area contributed by atoms with Crippen LogP contribution in [0.4, 0.5) is 17.1 Å². The van der Waals surface area contributed by atoms with Crippen LogP contribution in [0.5, 0.6) is 0 Å². The summed E-state index contributed by atoms with van der Waals surface area (Å²) in [7, 11) is 0. The number of nitrogens with two attached hydrogens (primary N) is 1. The number of fused-ring (bicyclic) bond motifs is 1. The summed E-state index contributed by atoms with van der Waals surface area (Å²) in [6, 6.07) is 21.4. The lowest BCUT2D eigenvalue weighted by Gasteiger charge is -2.12. The lowest BCUT2D eigenvalue weighted by atomic mass is 10.1. The molecule has 0 unspecified atom stereocenters. The lowest BCUT2D eigenvalue weighted by molar-refractivity contribution is 1.48. The topological polar surface area (TPSA) is 61.8 Å². The van der Waals surface area contributed by atoms with E-state index in [0.29, 0.717) is 11.3 Å². The van der Waals surface area contributed by atoms with E-state index in [4.69, 9.17) is 11.0 Å². The van der Waals surface area contributed by atoms with Crippen LogP contribution in [0, 0.1) is 11.3 Å². The van der Waals surface area contributed by atoms with Crippen LogP contribution >= 0.6 is 0 Å². The smallest absolute Gasteiger partial charge is 0.0991 e. The Hall–Kier alpha value is -2.99. The summed E-state index contributed by atoms with van der Waals surface area (Å²) in [6.07, 6.45) is 0.